The summed E-state index contributed by atoms with van der Waals surface area (Å²) in [4.78, 5) is 46.9. The zero-order chi connectivity index (χ0) is 29.6. The van der Waals surface area contributed by atoms with Crippen molar-refractivity contribution in [2.75, 3.05) is 78.7 Å². The fraction of sp³-hybridized carbons (Fsp3) is 0.559. The van der Waals surface area contributed by atoms with Crippen LogP contribution >= 0.6 is 0 Å². The average Bonchev–Trinajstić information content (AvgIpc) is 4.00. The van der Waals surface area contributed by atoms with Gasteiger partial charge in [-0.1, -0.05) is 24.3 Å². The van der Waals surface area contributed by atoms with Crippen molar-refractivity contribution in [3.8, 4) is 0 Å². The van der Waals surface area contributed by atoms with Crippen LogP contribution in [-0.2, 0) is 11.3 Å². The van der Waals surface area contributed by atoms with Gasteiger partial charge in [0.2, 0.25) is 0 Å². The first-order chi connectivity index (χ1) is 21.1. The van der Waals surface area contributed by atoms with Crippen molar-refractivity contribution in [3.63, 3.8) is 0 Å². The highest BCUT2D eigenvalue weighted by Gasteiger charge is 2.33. The molecule has 0 N–H and O–H groups in total. The van der Waals surface area contributed by atoms with Crippen LogP contribution in [-0.4, -0.2) is 133 Å². The maximum atomic E-state index is 12.7. The van der Waals surface area contributed by atoms with Crippen LogP contribution in [0.5, 0.6) is 0 Å². The van der Waals surface area contributed by atoms with Crippen molar-refractivity contribution >= 4 is 18.1 Å². The maximum absolute atomic E-state index is 12.7. The molecule has 2 aliphatic carbocycles. The number of aldehydes is 1. The third-order valence-electron chi connectivity index (χ3n) is 9.33. The van der Waals surface area contributed by atoms with Gasteiger partial charge in [0.25, 0.3) is 11.8 Å². The Balaban J connectivity index is 0.000000157. The minimum absolute atomic E-state index is 0.0768. The van der Waals surface area contributed by atoms with E-state index in [-0.39, 0.29) is 11.8 Å². The molecule has 5 aliphatic rings. The summed E-state index contributed by atoms with van der Waals surface area (Å²) in [5, 5.41) is 0. The van der Waals surface area contributed by atoms with Gasteiger partial charge in [-0.25, -0.2) is 0 Å². The summed E-state index contributed by atoms with van der Waals surface area (Å²) in [6.45, 7) is 12.0. The summed E-state index contributed by atoms with van der Waals surface area (Å²) in [6, 6.07) is 16.6. The number of hydrogen-bond donors (Lipinski definition) is 0. The molecule has 2 amide bonds. The van der Waals surface area contributed by atoms with Crippen molar-refractivity contribution < 1.29 is 19.1 Å². The van der Waals surface area contributed by atoms with Crippen LogP contribution < -0.4 is 0 Å². The molecule has 2 saturated carbocycles. The normalized spacial score (nSPS) is 22.0. The van der Waals surface area contributed by atoms with E-state index < -0.39 is 0 Å². The lowest BCUT2D eigenvalue weighted by molar-refractivity contribution is 0.0342. The Morgan fingerprint density at radius 3 is 1.49 bits per heavy atom. The van der Waals surface area contributed by atoms with Gasteiger partial charge in [0.1, 0.15) is 6.29 Å². The molecule has 0 aromatic heterocycles. The lowest BCUT2D eigenvalue weighted by atomic mass is 10.1. The topological polar surface area (TPSA) is 76.6 Å². The van der Waals surface area contributed by atoms with Gasteiger partial charge in [-0.2, -0.15) is 0 Å². The predicted octanol–water partition coefficient (Wildman–Crippen LogP) is 2.86. The van der Waals surface area contributed by atoms with Crippen molar-refractivity contribution in [2.45, 2.75) is 44.3 Å². The highest BCUT2D eigenvalue weighted by atomic mass is 16.5. The zero-order valence-electron chi connectivity index (χ0n) is 25.2. The number of hydrogen-bond acceptors (Lipinski definition) is 7. The Kier molecular flexibility index (Phi) is 9.83. The molecule has 3 heterocycles. The van der Waals surface area contributed by atoms with E-state index in [9.17, 15) is 14.4 Å². The van der Waals surface area contributed by atoms with Gasteiger partial charge in [-0.15, -0.1) is 0 Å². The predicted molar refractivity (Wildman–Crippen MR) is 165 cm³/mol. The second-order valence-corrected chi connectivity index (χ2v) is 12.4. The molecule has 0 unspecified atom stereocenters. The van der Waals surface area contributed by atoms with Crippen LogP contribution in [0, 0.1) is 0 Å². The van der Waals surface area contributed by atoms with Gasteiger partial charge >= 0.3 is 0 Å². The Morgan fingerprint density at radius 2 is 1.07 bits per heavy atom. The van der Waals surface area contributed by atoms with E-state index >= 15 is 0 Å². The number of piperazine rings is 2. The minimum Gasteiger partial charge on any atom is -0.379 e. The zero-order valence-corrected chi connectivity index (χ0v) is 25.2. The number of rotatable bonds is 7. The first kappa shape index (κ1) is 29.9. The summed E-state index contributed by atoms with van der Waals surface area (Å²) in [5.74, 6) is 0.260. The molecule has 2 aromatic carbocycles. The lowest BCUT2D eigenvalue weighted by Gasteiger charge is -2.34. The standard InChI is InChI=1S/C19H27N3O2.C15H18N2O2/c23-19(22-9-7-21(8-10-22)18-5-6-18)17-3-1-16(2-4-17)15-20-11-13-24-14-12-20;18-11-12-1-3-13(4-2-12)15(19)17-9-7-16(8-10-17)14-5-6-14/h1-4,18H,5-15H2;1-4,11,14H,5-10H2. The summed E-state index contributed by atoms with van der Waals surface area (Å²) in [6.07, 6.45) is 6.13. The summed E-state index contributed by atoms with van der Waals surface area (Å²) < 4.78 is 5.39. The quantitative estimate of drug-likeness (QED) is 0.461. The molecule has 3 aliphatic heterocycles. The maximum Gasteiger partial charge on any atom is 0.253 e. The number of amides is 2. The third kappa shape index (κ3) is 8.09. The van der Waals surface area contributed by atoms with Crippen molar-refractivity contribution in [1.82, 2.24) is 24.5 Å². The van der Waals surface area contributed by atoms with Gasteiger partial charge in [0.05, 0.1) is 13.2 Å². The monoisotopic (exact) mass is 587 g/mol. The molecule has 0 atom stereocenters. The first-order valence-electron chi connectivity index (χ1n) is 16.1. The largest absolute Gasteiger partial charge is 0.379 e. The van der Waals surface area contributed by atoms with Crippen LogP contribution in [0.4, 0.5) is 0 Å². The van der Waals surface area contributed by atoms with E-state index in [0.29, 0.717) is 11.1 Å². The van der Waals surface area contributed by atoms with Gasteiger partial charge < -0.3 is 14.5 Å². The van der Waals surface area contributed by atoms with E-state index in [1.807, 2.05) is 21.9 Å². The number of morpholine rings is 1. The van der Waals surface area contributed by atoms with Crippen LogP contribution in [0.3, 0.4) is 0 Å². The van der Waals surface area contributed by atoms with Gasteiger partial charge in [-0.05, 0) is 55.5 Å². The Labute approximate surface area is 255 Å². The van der Waals surface area contributed by atoms with Crippen molar-refractivity contribution in [2.24, 2.45) is 0 Å². The fourth-order valence-electron chi connectivity index (χ4n) is 6.30. The number of carbonyl (C=O) groups excluding carboxylic acids is 3. The van der Waals surface area contributed by atoms with Crippen LogP contribution in [0.15, 0.2) is 48.5 Å². The van der Waals surface area contributed by atoms with E-state index in [2.05, 4.69) is 26.8 Å². The summed E-state index contributed by atoms with van der Waals surface area (Å²) in [5.41, 5.74) is 3.37. The van der Waals surface area contributed by atoms with Crippen molar-refractivity contribution in [1.29, 1.82) is 0 Å². The molecule has 230 valence electrons. The second-order valence-electron chi connectivity index (χ2n) is 12.4. The Morgan fingerprint density at radius 1 is 0.628 bits per heavy atom. The first-order valence-corrected chi connectivity index (χ1v) is 16.1. The number of carbonyl (C=O) groups is 3. The van der Waals surface area contributed by atoms with E-state index in [4.69, 9.17) is 4.74 Å². The van der Waals surface area contributed by atoms with Crippen LogP contribution in [0.2, 0.25) is 0 Å². The third-order valence-corrected chi connectivity index (χ3v) is 9.33. The highest BCUT2D eigenvalue weighted by Crippen LogP contribution is 2.28. The molecule has 5 fully saturated rings. The molecule has 0 spiro atoms. The number of nitrogens with zero attached hydrogens (tertiary/aromatic N) is 5. The molecular weight excluding hydrogens is 542 g/mol. The Hall–Kier alpha value is -3.11. The van der Waals surface area contributed by atoms with Gasteiger partial charge in [-0.3, -0.25) is 29.1 Å². The fourth-order valence-corrected chi connectivity index (χ4v) is 6.30. The Bertz CT molecular complexity index is 1220. The van der Waals surface area contributed by atoms with E-state index in [1.54, 1.807) is 24.3 Å². The molecule has 0 bridgehead atoms. The molecule has 2 aromatic rings. The molecule has 0 radical (unpaired) electrons. The van der Waals surface area contributed by atoms with Gasteiger partial charge in [0, 0.05) is 101 Å². The smallest absolute Gasteiger partial charge is 0.253 e. The van der Waals surface area contributed by atoms with Crippen LogP contribution in [0.1, 0.15) is 62.3 Å². The summed E-state index contributed by atoms with van der Waals surface area (Å²) in [7, 11) is 0. The molecule has 9 nitrogen and oxygen atoms in total. The second kappa shape index (κ2) is 14.1. The minimum atomic E-state index is 0.0768. The number of ether oxygens (including phenoxy) is 1. The van der Waals surface area contributed by atoms with E-state index in [1.165, 1.54) is 31.2 Å². The van der Waals surface area contributed by atoms with Gasteiger partial charge in [0.15, 0.2) is 0 Å². The molecule has 43 heavy (non-hydrogen) atoms. The number of benzene rings is 2. The SMILES string of the molecule is O=C(c1ccc(CN2CCOCC2)cc1)N1CCN(C2CC2)CC1.O=Cc1ccc(C(=O)N2CCN(C3CC3)CC2)cc1. The lowest BCUT2D eigenvalue weighted by Crippen LogP contribution is -2.49. The molecule has 7 rings (SSSR count). The highest BCUT2D eigenvalue weighted by molar-refractivity contribution is 5.95. The van der Waals surface area contributed by atoms with Crippen LogP contribution in [0.25, 0.3) is 0 Å². The van der Waals surface area contributed by atoms with E-state index in [0.717, 1.165) is 109 Å². The molecule has 3 saturated heterocycles. The molecule has 9 heteroatoms. The average molecular weight is 588 g/mol. The molecular formula is C34H45N5O4. The van der Waals surface area contributed by atoms with Crippen molar-refractivity contribution in [3.05, 3.63) is 70.8 Å². The summed E-state index contributed by atoms with van der Waals surface area (Å²) >= 11 is 0.